The van der Waals surface area contributed by atoms with Gasteiger partial charge in [-0.25, -0.2) is 4.98 Å². The van der Waals surface area contributed by atoms with Gasteiger partial charge in [-0.05, 0) is 25.0 Å². The molecule has 5 nitrogen and oxygen atoms in total. The van der Waals surface area contributed by atoms with E-state index in [2.05, 4.69) is 9.97 Å². The summed E-state index contributed by atoms with van der Waals surface area (Å²) in [5, 5.41) is 9.20. The molecule has 1 N–H and O–H groups in total. The van der Waals surface area contributed by atoms with Crippen molar-refractivity contribution in [1.82, 2.24) is 14.5 Å². The first kappa shape index (κ1) is 11.0. The lowest BCUT2D eigenvalue weighted by molar-refractivity contribution is -0.139. The third-order valence-electron chi connectivity index (χ3n) is 3.24. The third-order valence-corrected chi connectivity index (χ3v) is 3.24. The number of pyridine rings is 1. The molecule has 3 rings (SSSR count). The van der Waals surface area contributed by atoms with E-state index in [-0.39, 0.29) is 0 Å². The van der Waals surface area contributed by atoms with E-state index in [4.69, 9.17) is 0 Å². The van der Waals surface area contributed by atoms with Crippen molar-refractivity contribution >= 4 is 5.97 Å². The molecule has 0 spiro atoms. The first-order chi connectivity index (χ1) is 8.75. The van der Waals surface area contributed by atoms with Gasteiger partial charge in [-0.2, -0.15) is 0 Å². The van der Waals surface area contributed by atoms with Gasteiger partial charge in [-0.3, -0.25) is 9.78 Å². The minimum Gasteiger partial charge on any atom is -0.481 e. The van der Waals surface area contributed by atoms with Crippen molar-refractivity contribution in [2.75, 3.05) is 0 Å². The highest BCUT2D eigenvalue weighted by Crippen LogP contribution is 2.29. The topological polar surface area (TPSA) is 68.0 Å². The standard InChI is InChI=1S/C13H13N3O2/c17-13(18)9-4-3-7-16-8-11(15-12(9)16)10-5-1-2-6-14-10/h1-2,5-6,8-9H,3-4,7H2,(H,17,18). The van der Waals surface area contributed by atoms with Crippen molar-refractivity contribution in [1.29, 1.82) is 0 Å². The fourth-order valence-corrected chi connectivity index (χ4v) is 2.35. The fraction of sp³-hybridized carbons (Fsp3) is 0.308. The molecule has 2 aromatic heterocycles. The average molecular weight is 243 g/mol. The van der Waals surface area contributed by atoms with E-state index in [1.54, 1.807) is 6.20 Å². The van der Waals surface area contributed by atoms with Crippen LogP contribution in [0.25, 0.3) is 11.4 Å². The van der Waals surface area contributed by atoms with E-state index in [9.17, 15) is 9.90 Å². The van der Waals surface area contributed by atoms with E-state index in [0.717, 1.165) is 24.4 Å². The van der Waals surface area contributed by atoms with Crippen LogP contribution in [-0.4, -0.2) is 25.6 Å². The number of aromatic nitrogens is 3. The number of hydrogen-bond acceptors (Lipinski definition) is 3. The maximum absolute atomic E-state index is 11.2. The number of rotatable bonds is 2. The number of fused-ring (bicyclic) bond motifs is 1. The van der Waals surface area contributed by atoms with Gasteiger partial charge >= 0.3 is 5.97 Å². The van der Waals surface area contributed by atoms with Crippen LogP contribution < -0.4 is 0 Å². The number of aliphatic carboxylic acids is 1. The van der Waals surface area contributed by atoms with Crippen molar-refractivity contribution in [2.24, 2.45) is 0 Å². The molecular formula is C13H13N3O2. The molecule has 5 heteroatoms. The van der Waals surface area contributed by atoms with Crippen molar-refractivity contribution < 1.29 is 9.90 Å². The number of carboxylic acid groups (broad SMARTS) is 1. The highest BCUT2D eigenvalue weighted by atomic mass is 16.4. The Hall–Kier alpha value is -2.17. The van der Waals surface area contributed by atoms with Gasteiger partial charge in [-0.1, -0.05) is 6.07 Å². The third kappa shape index (κ3) is 1.77. The lowest BCUT2D eigenvalue weighted by Gasteiger charge is -2.19. The molecule has 0 bridgehead atoms. The maximum Gasteiger partial charge on any atom is 0.314 e. The van der Waals surface area contributed by atoms with Gasteiger partial charge in [0.1, 0.15) is 17.4 Å². The van der Waals surface area contributed by atoms with E-state index in [1.807, 2.05) is 29.0 Å². The molecule has 1 aliphatic heterocycles. The van der Waals surface area contributed by atoms with Crippen LogP contribution in [0.2, 0.25) is 0 Å². The molecule has 3 heterocycles. The summed E-state index contributed by atoms with van der Waals surface area (Å²) in [5.41, 5.74) is 1.53. The summed E-state index contributed by atoms with van der Waals surface area (Å²) in [4.78, 5) is 19.9. The van der Waals surface area contributed by atoms with Crippen LogP contribution in [0.5, 0.6) is 0 Å². The predicted octanol–water partition coefficient (Wildman–Crippen LogP) is 1.91. The first-order valence-electron chi connectivity index (χ1n) is 5.97. The summed E-state index contributed by atoms with van der Waals surface area (Å²) in [6.07, 6.45) is 5.14. The van der Waals surface area contributed by atoms with Crippen molar-refractivity contribution in [3.05, 3.63) is 36.4 Å². The molecule has 1 aliphatic rings. The Morgan fingerprint density at radius 2 is 2.28 bits per heavy atom. The molecule has 0 fully saturated rings. The van der Waals surface area contributed by atoms with Crippen LogP contribution in [0.1, 0.15) is 24.6 Å². The summed E-state index contributed by atoms with van der Waals surface area (Å²) in [6, 6.07) is 5.62. The largest absolute Gasteiger partial charge is 0.481 e. The van der Waals surface area contributed by atoms with Crippen LogP contribution in [0, 0.1) is 0 Å². The summed E-state index contributed by atoms with van der Waals surface area (Å²) in [5.74, 6) is -0.639. The maximum atomic E-state index is 11.2. The zero-order valence-corrected chi connectivity index (χ0v) is 9.78. The molecule has 0 saturated heterocycles. The van der Waals surface area contributed by atoms with Gasteiger partial charge in [0, 0.05) is 18.9 Å². The first-order valence-corrected chi connectivity index (χ1v) is 5.97. The molecule has 92 valence electrons. The molecular weight excluding hydrogens is 230 g/mol. The van der Waals surface area contributed by atoms with Gasteiger partial charge in [0.2, 0.25) is 0 Å². The second-order valence-corrected chi connectivity index (χ2v) is 4.43. The fourth-order valence-electron chi connectivity index (χ4n) is 2.35. The van der Waals surface area contributed by atoms with E-state index < -0.39 is 11.9 Å². The lowest BCUT2D eigenvalue weighted by Crippen LogP contribution is -2.21. The lowest BCUT2D eigenvalue weighted by atomic mass is 9.99. The summed E-state index contributed by atoms with van der Waals surface area (Å²) in [6.45, 7) is 0.832. The molecule has 0 saturated carbocycles. The Labute approximate surface area is 104 Å². The average Bonchev–Trinajstić information content (AvgIpc) is 2.83. The Balaban J connectivity index is 2.04. The highest BCUT2D eigenvalue weighted by molar-refractivity contribution is 5.75. The summed E-state index contributed by atoms with van der Waals surface area (Å²) in [7, 11) is 0. The zero-order chi connectivity index (χ0) is 12.5. The number of hydrogen-bond donors (Lipinski definition) is 1. The molecule has 18 heavy (non-hydrogen) atoms. The normalized spacial score (nSPS) is 18.3. The van der Waals surface area contributed by atoms with Gasteiger partial charge in [-0.15, -0.1) is 0 Å². The second-order valence-electron chi connectivity index (χ2n) is 4.43. The predicted molar refractivity (Wildman–Crippen MR) is 65.1 cm³/mol. The Morgan fingerprint density at radius 1 is 1.39 bits per heavy atom. The van der Waals surface area contributed by atoms with Crippen LogP contribution in [-0.2, 0) is 11.3 Å². The molecule has 0 aromatic carbocycles. The Morgan fingerprint density at radius 3 is 3.00 bits per heavy atom. The number of aryl methyl sites for hydroxylation is 1. The molecule has 0 amide bonds. The molecule has 2 aromatic rings. The van der Waals surface area contributed by atoms with Crippen molar-refractivity contribution in [3.63, 3.8) is 0 Å². The van der Waals surface area contributed by atoms with E-state index >= 15 is 0 Å². The number of nitrogens with zero attached hydrogens (tertiary/aromatic N) is 3. The van der Waals surface area contributed by atoms with Crippen LogP contribution in [0.3, 0.4) is 0 Å². The molecule has 0 aliphatic carbocycles. The summed E-state index contributed by atoms with van der Waals surface area (Å²) >= 11 is 0. The number of carbonyl (C=O) groups is 1. The van der Waals surface area contributed by atoms with Gasteiger partial charge in [0.25, 0.3) is 0 Å². The molecule has 1 atom stereocenters. The molecule has 0 radical (unpaired) electrons. The van der Waals surface area contributed by atoms with Crippen LogP contribution in [0.4, 0.5) is 0 Å². The SMILES string of the molecule is O=C(O)C1CCCn2cc(-c3ccccn3)nc21. The van der Waals surface area contributed by atoms with Gasteiger partial charge in [0.05, 0.1) is 5.69 Å². The highest BCUT2D eigenvalue weighted by Gasteiger charge is 2.29. The second kappa shape index (κ2) is 4.25. The Bertz CT molecular complexity index is 577. The van der Waals surface area contributed by atoms with Crippen molar-refractivity contribution in [2.45, 2.75) is 25.3 Å². The monoisotopic (exact) mass is 243 g/mol. The van der Waals surface area contributed by atoms with Crippen LogP contribution >= 0.6 is 0 Å². The number of imidazole rings is 1. The Kier molecular flexibility index (Phi) is 2.59. The summed E-state index contributed by atoms with van der Waals surface area (Å²) < 4.78 is 1.94. The van der Waals surface area contributed by atoms with Crippen LogP contribution in [0.15, 0.2) is 30.6 Å². The van der Waals surface area contributed by atoms with Gasteiger partial charge in [0.15, 0.2) is 0 Å². The van der Waals surface area contributed by atoms with Gasteiger partial charge < -0.3 is 9.67 Å². The van der Waals surface area contributed by atoms with Crippen molar-refractivity contribution in [3.8, 4) is 11.4 Å². The quantitative estimate of drug-likeness (QED) is 0.874. The zero-order valence-electron chi connectivity index (χ0n) is 9.78. The minimum atomic E-state index is -0.797. The van der Waals surface area contributed by atoms with E-state index in [0.29, 0.717) is 12.2 Å². The van der Waals surface area contributed by atoms with E-state index in [1.165, 1.54) is 0 Å². The molecule has 1 unspecified atom stereocenters. The minimum absolute atomic E-state index is 0.490. The number of carboxylic acids is 1. The smallest absolute Gasteiger partial charge is 0.314 e.